The molecule has 3 rings (SSSR count). The van der Waals surface area contributed by atoms with E-state index in [1.54, 1.807) is 14.2 Å². The van der Waals surface area contributed by atoms with E-state index < -0.39 is 0 Å². The molecule has 96 valence electrons. The second-order valence-corrected chi connectivity index (χ2v) is 6.40. The van der Waals surface area contributed by atoms with E-state index in [0.717, 1.165) is 19.7 Å². The van der Waals surface area contributed by atoms with Gasteiger partial charge < -0.3 is 0 Å². The van der Waals surface area contributed by atoms with Gasteiger partial charge in [-0.15, -0.1) is 0 Å². The van der Waals surface area contributed by atoms with E-state index in [0.29, 0.717) is 11.1 Å². The van der Waals surface area contributed by atoms with E-state index in [2.05, 4.69) is 0 Å². The van der Waals surface area contributed by atoms with Crippen molar-refractivity contribution in [2.45, 2.75) is 0 Å². The number of fused-ring (bicyclic) bond motifs is 2. The zero-order chi connectivity index (χ0) is 13.4. The van der Waals surface area contributed by atoms with Crippen molar-refractivity contribution in [1.29, 1.82) is 0 Å². The molecule has 0 N–H and O–H groups in total. The Morgan fingerprint density at radius 3 is 2.58 bits per heavy atom. The van der Waals surface area contributed by atoms with Crippen molar-refractivity contribution in [3.05, 3.63) is 46.6 Å². The quantitative estimate of drug-likeness (QED) is 0.538. The van der Waals surface area contributed by atoms with Gasteiger partial charge in [0, 0.05) is 0 Å². The summed E-state index contributed by atoms with van der Waals surface area (Å²) in [4.78, 5) is 12.6. The molecule has 1 aromatic heterocycles. The molecule has 1 heterocycles. The van der Waals surface area contributed by atoms with Crippen molar-refractivity contribution in [3.8, 4) is 11.5 Å². The van der Waals surface area contributed by atoms with E-state index in [-0.39, 0.29) is 19.9 Å². The molecule has 0 aliphatic heterocycles. The Hall–Kier alpha value is -1.77. The summed E-state index contributed by atoms with van der Waals surface area (Å²) < 4.78 is 12.7. The Morgan fingerprint density at radius 1 is 1.00 bits per heavy atom. The Kier molecular flexibility index (Phi) is 3.05. The van der Waals surface area contributed by atoms with Gasteiger partial charge in [0.05, 0.1) is 0 Å². The third-order valence-corrected chi connectivity index (χ3v) is 5.43. The molecule has 3 nitrogen and oxygen atoms in total. The number of hydrogen-bond acceptors (Lipinski definition) is 3. The number of hydrogen-bond donors (Lipinski definition) is 0. The topological polar surface area (TPSA) is 35.5 Å². The molecule has 0 unspecified atom stereocenters. The van der Waals surface area contributed by atoms with Crippen LogP contribution in [0.3, 0.4) is 0 Å². The van der Waals surface area contributed by atoms with Crippen LogP contribution in [-0.2, 0) is 0 Å². The van der Waals surface area contributed by atoms with Crippen LogP contribution in [0.5, 0.6) is 11.5 Å². The minimum atomic E-state index is 0.0400. The summed E-state index contributed by atoms with van der Waals surface area (Å²) >= 11 is 0.0989. The van der Waals surface area contributed by atoms with Crippen LogP contribution in [0.15, 0.2) is 41.2 Å². The van der Waals surface area contributed by atoms with Gasteiger partial charge in [-0.2, -0.15) is 0 Å². The summed E-state index contributed by atoms with van der Waals surface area (Å²) in [6.45, 7) is 0. The van der Waals surface area contributed by atoms with Crippen molar-refractivity contribution in [2.24, 2.45) is 0 Å². The van der Waals surface area contributed by atoms with E-state index in [9.17, 15) is 4.79 Å². The van der Waals surface area contributed by atoms with E-state index >= 15 is 0 Å². The molecule has 19 heavy (non-hydrogen) atoms. The second kappa shape index (κ2) is 4.72. The average Bonchev–Trinajstić information content (AvgIpc) is 2.46. The Labute approximate surface area is 116 Å². The Morgan fingerprint density at radius 2 is 1.84 bits per heavy atom. The monoisotopic (exact) mass is 320 g/mol. The van der Waals surface area contributed by atoms with Crippen molar-refractivity contribution in [3.63, 3.8) is 0 Å². The summed E-state index contributed by atoms with van der Waals surface area (Å²) in [5.74, 6) is 1.45. The van der Waals surface area contributed by atoms with E-state index in [4.69, 9.17) is 9.47 Å². The molecule has 3 aromatic rings. The molecule has 0 saturated heterocycles. The molecule has 0 fully saturated rings. The van der Waals surface area contributed by atoms with Gasteiger partial charge in [-0.1, -0.05) is 0 Å². The molecule has 0 saturated carbocycles. The third-order valence-electron chi connectivity index (χ3n) is 3.09. The van der Waals surface area contributed by atoms with Crippen molar-refractivity contribution in [2.75, 3.05) is 14.2 Å². The molecule has 0 atom stereocenters. The van der Waals surface area contributed by atoms with Crippen LogP contribution in [0.4, 0.5) is 0 Å². The Balaban J connectivity index is 2.48. The molecule has 2 aromatic carbocycles. The van der Waals surface area contributed by atoms with Crippen molar-refractivity contribution >= 4 is 33.8 Å². The summed E-state index contributed by atoms with van der Waals surface area (Å²) in [5, 5.41) is 1.47. The molecule has 0 amide bonds. The Bertz CT molecular complexity index is 820. The van der Waals surface area contributed by atoms with E-state index in [1.807, 2.05) is 36.4 Å². The molecule has 0 spiro atoms. The molecule has 0 aliphatic carbocycles. The van der Waals surface area contributed by atoms with Crippen LogP contribution in [0, 0.1) is 0 Å². The molecule has 0 aliphatic rings. The van der Waals surface area contributed by atoms with Crippen LogP contribution in [0.25, 0.3) is 19.3 Å². The standard InChI is InChI=1S/C15H12O3Se/c1-17-9-6-7-10-13(8-9)19-12-5-3-4-11(18-2)14(12)15(10)16/h3-8H,1-2H3. The van der Waals surface area contributed by atoms with Gasteiger partial charge >= 0.3 is 116 Å². The van der Waals surface area contributed by atoms with Gasteiger partial charge in [0.1, 0.15) is 0 Å². The van der Waals surface area contributed by atoms with Crippen molar-refractivity contribution in [1.82, 2.24) is 0 Å². The van der Waals surface area contributed by atoms with E-state index in [1.165, 1.54) is 0 Å². The predicted molar refractivity (Wildman–Crippen MR) is 77.8 cm³/mol. The SMILES string of the molecule is COc1ccc2c(=O)c3c(OC)cccc3[se]c2c1. The maximum atomic E-state index is 12.6. The van der Waals surface area contributed by atoms with Crippen LogP contribution >= 0.6 is 0 Å². The fourth-order valence-electron chi connectivity index (χ4n) is 2.14. The number of rotatable bonds is 2. The first-order valence-corrected chi connectivity index (χ1v) is 7.53. The van der Waals surface area contributed by atoms with Gasteiger partial charge in [0.2, 0.25) is 0 Å². The average molecular weight is 319 g/mol. The van der Waals surface area contributed by atoms with Gasteiger partial charge in [-0.05, 0) is 0 Å². The number of methoxy groups -OCH3 is 2. The molecular weight excluding hydrogens is 307 g/mol. The first kappa shape index (κ1) is 12.3. The fraction of sp³-hybridized carbons (Fsp3) is 0.133. The summed E-state index contributed by atoms with van der Waals surface area (Å²) in [5.41, 5.74) is 0.0400. The zero-order valence-corrected chi connectivity index (χ0v) is 12.3. The van der Waals surface area contributed by atoms with Gasteiger partial charge in [0.25, 0.3) is 0 Å². The molecular formula is C15H12O3Se. The number of ether oxygens (including phenoxy) is 2. The van der Waals surface area contributed by atoms with Crippen LogP contribution in [-0.4, -0.2) is 28.7 Å². The molecule has 0 radical (unpaired) electrons. The second-order valence-electron chi connectivity index (χ2n) is 4.13. The maximum absolute atomic E-state index is 12.6. The van der Waals surface area contributed by atoms with Gasteiger partial charge in [-0.25, -0.2) is 0 Å². The summed E-state index contributed by atoms with van der Waals surface area (Å²) in [6.07, 6.45) is 0. The van der Waals surface area contributed by atoms with Gasteiger partial charge in [-0.3, -0.25) is 0 Å². The fourth-order valence-corrected chi connectivity index (χ4v) is 4.50. The van der Waals surface area contributed by atoms with Crippen LogP contribution in [0.2, 0.25) is 0 Å². The van der Waals surface area contributed by atoms with Crippen molar-refractivity contribution < 1.29 is 9.47 Å². The first-order valence-electron chi connectivity index (χ1n) is 5.82. The zero-order valence-electron chi connectivity index (χ0n) is 10.6. The normalized spacial score (nSPS) is 10.8. The molecule has 4 heteroatoms. The van der Waals surface area contributed by atoms with Gasteiger partial charge in [0.15, 0.2) is 0 Å². The first-order chi connectivity index (χ1) is 9.24. The predicted octanol–water partition coefficient (Wildman–Crippen LogP) is 2.43. The number of benzene rings is 2. The third kappa shape index (κ3) is 1.93. The minimum absolute atomic E-state index is 0.0400. The molecule has 0 bridgehead atoms. The van der Waals surface area contributed by atoms with Crippen LogP contribution in [0.1, 0.15) is 0 Å². The summed E-state index contributed by atoms with van der Waals surface area (Å²) in [6, 6.07) is 11.4. The summed E-state index contributed by atoms with van der Waals surface area (Å²) in [7, 11) is 3.23. The van der Waals surface area contributed by atoms with Crippen LogP contribution < -0.4 is 14.9 Å².